The molecule has 1 fully saturated rings. The Morgan fingerprint density at radius 2 is 1.52 bits per heavy atom. The van der Waals surface area contributed by atoms with Crippen LogP contribution in [-0.2, 0) is 0 Å². The number of hydrogen-bond acceptors (Lipinski definition) is 3. The second kappa shape index (κ2) is 7.45. The molecule has 1 heterocycles. The molecule has 25 heavy (non-hydrogen) atoms. The molecule has 4 nitrogen and oxygen atoms in total. The Balaban J connectivity index is 1.69. The zero-order valence-corrected chi connectivity index (χ0v) is 14.9. The summed E-state index contributed by atoms with van der Waals surface area (Å²) in [5.41, 5.74) is 0.410. The number of hydrogen-bond donors (Lipinski definition) is 1. The third-order valence-corrected chi connectivity index (χ3v) is 4.87. The average molecular weight is 379 g/mol. The number of thiol groups is 1. The van der Waals surface area contributed by atoms with Crippen molar-refractivity contribution >= 4 is 36.0 Å². The third-order valence-electron chi connectivity index (χ3n) is 4.17. The van der Waals surface area contributed by atoms with Gasteiger partial charge in [-0.3, -0.25) is 9.59 Å². The van der Waals surface area contributed by atoms with E-state index in [0.29, 0.717) is 36.6 Å². The predicted octanol–water partition coefficient (Wildman–Crippen LogP) is 3.37. The lowest BCUT2D eigenvalue weighted by atomic mass is 10.1. The van der Waals surface area contributed by atoms with Crippen molar-refractivity contribution in [2.45, 2.75) is 4.90 Å². The highest BCUT2D eigenvalue weighted by Crippen LogP contribution is 2.22. The number of halogens is 2. The van der Waals surface area contributed by atoms with E-state index in [1.807, 2.05) is 6.07 Å². The second-order valence-corrected chi connectivity index (χ2v) is 6.59. The van der Waals surface area contributed by atoms with Crippen molar-refractivity contribution in [1.29, 1.82) is 0 Å². The predicted molar refractivity (Wildman–Crippen MR) is 96.9 cm³/mol. The van der Waals surface area contributed by atoms with Crippen LogP contribution in [0.2, 0.25) is 5.02 Å². The van der Waals surface area contributed by atoms with Gasteiger partial charge < -0.3 is 9.80 Å². The summed E-state index contributed by atoms with van der Waals surface area (Å²) in [6.45, 7) is 1.39. The Morgan fingerprint density at radius 1 is 0.920 bits per heavy atom. The Hall–Kier alpha value is -2.05. The Kier molecular flexibility index (Phi) is 5.30. The topological polar surface area (TPSA) is 40.6 Å². The van der Waals surface area contributed by atoms with Gasteiger partial charge in [-0.25, -0.2) is 4.39 Å². The fraction of sp³-hybridized carbons (Fsp3) is 0.222. The smallest absolute Gasteiger partial charge is 0.258 e. The van der Waals surface area contributed by atoms with Gasteiger partial charge in [0, 0.05) is 31.1 Å². The molecule has 0 aliphatic carbocycles. The summed E-state index contributed by atoms with van der Waals surface area (Å²) in [6.07, 6.45) is 0. The van der Waals surface area contributed by atoms with E-state index >= 15 is 0 Å². The standard InChI is InChI=1S/C18H16ClFN2O2S/c19-13-5-3-6-14(20)16(13)18(24)22-10-8-21(9-11-22)17(23)12-4-1-2-7-15(12)25/h1-7,25H,8-11H2. The molecule has 1 saturated heterocycles. The zero-order chi connectivity index (χ0) is 18.0. The van der Waals surface area contributed by atoms with Crippen LogP contribution in [0.5, 0.6) is 0 Å². The van der Waals surface area contributed by atoms with Gasteiger partial charge in [-0.2, -0.15) is 0 Å². The molecule has 0 N–H and O–H groups in total. The first-order chi connectivity index (χ1) is 12.0. The molecule has 2 aromatic carbocycles. The van der Waals surface area contributed by atoms with Gasteiger partial charge in [-0.15, -0.1) is 12.6 Å². The van der Waals surface area contributed by atoms with E-state index in [2.05, 4.69) is 12.6 Å². The normalized spacial score (nSPS) is 14.5. The van der Waals surface area contributed by atoms with Crippen LogP contribution in [-0.4, -0.2) is 47.8 Å². The summed E-state index contributed by atoms with van der Waals surface area (Å²) < 4.78 is 13.9. The largest absolute Gasteiger partial charge is 0.335 e. The minimum absolute atomic E-state index is 0.0903. The Labute approximate surface area is 155 Å². The number of benzene rings is 2. The maximum atomic E-state index is 13.9. The summed E-state index contributed by atoms with van der Waals surface area (Å²) >= 11 is 10.3. The van der Waals surface area contributed by atoms with E-state index in [1.165, 1.54) is 23.1 Å². The quantitative estimate of drug-likeness (QED) is 0.814. The van der Waals surface area contributed by atoms with Gasteiger partial charge in [0.15, 0.2) is 0 Å². The van der Waals surface area contributed by atoms with E-state index in [1.54, 1.807) is 23.1 Å². The SMILES string of the molecule is O=C(c1ccccc1S)N1CCN(C(=O)c2c(F)cccc2Cl)CC1. The van der Waals surface area contributed by atoms with E-state index in [-0.39, 0.29) is 16.5 Å². The highest BCUT2D eigenvalue weighted by atomic mass is 35.5. The van der Waals surface area contributed by atoms with Crippen LogP contribution >= 0.6 is 24.2 Å². The van der Waals surface area contributed by atoms with Gasteiger partial charge in [0.2, 0.25) is 0 Å². The van der Waals surface area contributed by atoms with E-state index < -0.39 is 11.7 Å². The van der Waals surface area contributed by atoms with Gasteiger partial charge in [0.05, 0.1) is 16.1 Å². The van der Waals surface area contributed by atoms with Crippen LogP contribution in [0.15, 0.2) is 47.4 Å². The van der Waals surface area contributed by atoms with Gasteiger partial charge in [0.25, 0.3) is 11.8 Å². The highest BCUT2D eigenvalue weighted by Gasteiger charge is 2.28. The summed E-state index contributed by atoms with van der Waals surface area (Å²) in [6, 6.07) is 11.2. The maximum Gasteiger partial charge on any atom is 0.258 e. The molecule has 0 atom stereocenters. The number of nitrogens with zero attached hydrogens (tertiary/aromatic N) is 2. The van der Waals surface area contributed by atoms with Crippen LogP contribution in [0.4, 0.5) is 4.39 Å². The fourth-order valence-electron chi connectivity index (χ4n) is 2.80. The van der Waals surface area contributed by atoms with E-state index in [9.17, 15) is 14.0 Å². The van der Waals surface area contributed by atoms with Crippen molar-refractivity contribution in [3.8, 4) is 0 Å². The van der Waals surface area contributed by atoms with Gasteiger partial charge in [-0.1, -0.05) is 29.8 Å². The number of carbonyl (C=O) groups excluding carboxylic acids is 2. The summed E-state index contributed by atoms with van der Waals surface area (Å²) in [7, 11) is 0. The van der Waals surface area contributed by atoms with Crippen LogP contribution in [0.1, 0.15) is 20.7 Å². The first kappa shape index (κ1) is 17.8. The number of carbonyl (C=O) groups is 2. The Morgan fingerprint density at radius 3 is 2.12 bits per heavy atom. The van der Waals surface area contributed by atoms with Crippen molar-refractivity contribution in [3.05, 3.63) is 64.4 Å². The summed E-state index contributed by atoms with van der Waals surface area (Å²) in [5, 5.41) is 0.0903. The molecule has 0 saturated carbocycles. The van der Waals surface area contributed by atoms with Crippen molar-refractivity contribution in [1.82, 2.24) is 9.80 Å². The molecule has 7 heteroatoms. The molecule has 1 aliphatic heterocycles. The van der Waals surface area contributed by atoms with Crippen LogP contribution < -0.4 is 0 Å². The average Bonchev–Trinajstić information content (AvgIpc) is 2.61. The summed E-state index contributed by atoms with van der Waals surface area (Å²) in [5.74, 6) is -1.22. The zero-order valence-electron chi connectivity index (χ0n) is 13.3. The lowest BCUT2D eigenvalue weighted by molar-refractivity contribution is 0.0531. The van der Waals surface area contributed by atoms with Crippen molar-refractivity contribution in [2.24, 2.45) is 0 Å². The van der Waals surface area contributed by atoms with Gasteiger partial charge >= 0.3 is 0 Å². The molecule has 0 radical (unpaired) electrons. The third kappa shape index (κ3) is 3.65. The fourth-order valence-corrected chi connectivity index (χ4v) is 3.30. The molecule has 2 amide bonds. The lowest BCUT2D eigenvalue weighted by Crippen LogP contribution is -2.50. The number of rotatable bonds is 2. The molecule has 130 valence electrons. The molecular weight excluding hydrogens is 363 g/mol. The molecular formula is C18H16ClFN2O2S. The van der Waals surface area contributed by atoms with Crippen molar-refractivity contribution in [3.63, 3.8) is 0 Å². The van der Waals surface area contributed by atoms with Crippen LogP contribution in [0.3, 0.4) is 0 Å². The molecule has 1 aliphatic rings. The van der Waals surface area contributed by atoms with Crippen LogP contribution in [0.25, 0.3) is 0 Å². The lowest BCUT2D eigenvalue weighted by Gasteiger charge is -2.35. The first-order valence-corrected chi connectivity index (χ1v) is 8.62. The van der Waals surface area contributed by atoms with E-state index in [0.717, 1.165) is 0 Å². The second-order valence-electron chi connectivity index (χ2n) is 5.70. The minimum atomic E-state index is -0.639. The molecule has 0 aromatic heterocycles. The molecule has 3 rings (SSSR count). The molecule has 0 bridgehead atoms. The number of piperazine rings is 1. The van der Waals surface area contributed by atoms with Crippen LogP contribution in [0, 0.1) is 5.82 Å². The monoisotopic (exact) mass is 378 g/mol. The van der Waals surface area contributed by atoms with Crippen molar-refractivity contribution < 1.29 is 14.0 Å². The summed E-state index contributed by atoms with van der Waals surface area (Å²) in [4.78, 5) is 28.9. The maximum absolute atomic E-state index is 13.9. The Bertz CT molecular complexity index is 802. The minimum Gasteiger partial charge on any atom is -0.335 e. The van der Waals surface area contributed by atoms with Gasteiger partial charge in [0.1, 0.15) is 5.82 Å². The highest BCUT2D eigenvalue weighted by molar-refractivity contribution is 7.80. The van der Waals surface area contributed by atoms with Gasteiger partial charge in [-0.05, 0) is 24.3 Å². The molecule has 0 spiro atoms. The molecule has 0 unspecified atom stereocenters. The molecule has 2 aromatic rings. The first-order valence-electron chi connectivity index (χ1n) is 7.79. The van der Waals surface area contributed by atoms with Crippen molar-refractivity contribution in [2.75, 3.05) is 26.2 Å². The number of amides is 2. The van der Waals surface area contributed by atoms with E-state index in [4.69, 9.17) is 11.6 Å².